The lowest BCUT2D eigenvalue weighted by molar-refractivity contribution is -0.183. The highest BCUT2D eigenvalue weighted by Crippen LogP contribution is 2.37. The monoisotopic (exact) mass is 378 g/mol. The van der Waals surface area contributed by atoms with Gasteiger partial charge in [0.05, 0.1) is 12.0 Å². The number of alkyl halides is 3. The Morgan fingerprint density at radius 2 is 1.92 bits per heavy atom. The first-order valence-electron chi connectivity index (χ1n) is 9.90. The molecule has 2 aliphatic rings. The maximum Gasteiger partial charge on any atom is 0.391 e. The molecule has 2 rings (SSSR count). The van der Waals surface area contributed by atoms with Gasteiger partial charge in [-0.25, -0.2) is 0 Å². The minimum Gasteiger partial charge on any atom is -0.393 e. The van der Waals surface area contributed by atoms with Crippen molar-refractivity contribution < 1.29 is 18.3 Å². The van der Waals surface area contributed by atoms with Crippen molar-refractivity contribution in [3.63, 3.8) is 0 Å². The topological polar surface area (TPSA) is 59.9 Å². The summed E-state index contributed by atoms with van der Waals surface area (Å²) in [7, 11) is 0. The average Bonchev–Trinajstić information content (AvgIpc) is 2.60. The number of nitrogens with zero attached hydrogens (tertiary/aromatic N) is 2. The van der Waals surface area contributed by atoms with Gasteiger partial charge in [0.1, 0.15) is 0 Å². The fourth-order valence-electron chi connectivity index (χ4n) is 3.76. The molecule has 0 aromatic heterocycles. The first-order chi connectivity index (χ1) is 12.4. The van der Waals surface area contributed by atoms with E-state index in [4.69, 9.17) is 0 Å². The van der Waals surface area contributed by atoms with Crippen LogP contribution in [0, 0.1) is 5.92 Å². The molecule has 1 heterocycles. The predicted molar refractivity (Wildman–Crippen MR) is 97.2 cm³/mol. The molecule has 1 saturated heterocycles. The van der Waals surface area contributed by atoms with E-state index in [1.807, 2.05) is 6.92 Å². The quantitative estimate of drug-likeness (QED) is 0.378. The number of guanidine groups is 1. The second-order valence-corrected chi connectivity index (χ2v) is 7.43. The molecule has 1 saturated carbocycles. The van der Waals surface area contributed by atoms with Crippen molar-refractivity contribution in [1.82, 2.24) is 15.5 Å². The molecule has 1 aliphatic heterocycles. The van der Waals surface area contributed by atoms with Crippen LogP contribution in [-0.2, 0) is 0 Å². The Labute approximate surface area is 154 Å². The van der Waals surface area contributed by atoms with Gasteiger partial charge in [-0.3, -0.25) is 4.99 Å². The third kappa shape index (κ3) is 7.31. The third-order valence-electron chi connectivity index (χ3n) is 5.28. The lowest BCUT2D eigenvalue weighted by Gasteiger charge is -2.32. The summed E-state index contributed by atoms with van der Waals surface area (Å²) in [6, 6.07) is -0.170. The summed E-state index contributed by atoms with van der Waals surface area (Å²) in [5.41, 5.74) is 0. The summed E-state index contributed by atoms with van der Waals surface area (Å²) >= 11 is 0. The predicted octanol–water partition coefficient (Wildman–Crippen LogP) is 2.51. The average molecular weight is 378 g/mol. The Hall–Kier alpha value is -1.02. The second kappa shape index (κ2) is 10.3. The van der Waals surface area contributed by atoms with Crippen molar-refractivity contribution in [3.05, 3.63) is 0 Å². The van der Waals surface area contributed by atoms with Gasteiger partial charge in [-0.1, -0.05) is 6.42 Å². The second-order valence-electron chi connectivity index (χ2n) is 7.43. The maximum absolute atomic E-state index is 13.0. The third-order valence-corrected chi connectivity index (χ3v) is 5.28. The van der Waals surface area contributed by atoms with Crippen molar-refractivity contribution in [2.45, 2.75) is 70.2 Å². The molecule has 2 atom stereocenters. The number of likely N-dealkylation sites (tertiary alicyclic amines) is 1. The molecule has 0 aromatic rings. The van der Waals surface area contributed by atoms with Gasteiger partial charge in [0.15, 0.2) is 5.96 Å². The first-order valence-corrected chi connectivity index (χ1v) is 9.90. The van der Waals surface area contributed by atoms with Crippen LogP contribution in [0.25, 0.3) is 0 Å². The number of halogens is 3. The molecule has 0 amide bonds. The van der Waals surface area contributed by atoms with Gasteiger partial charge in [0.2, 0.25) is 0 Å². The lowest BCUT2D eigenvalue weighted by atomic mass is 9.85. The number of rotatable bonds is 6. The Kier molecular flexibility index (Phi) is 8.47. The summed E-state index contributed by atoms with van der Waals surface area (Å²) in [5.74, 6) is -0.583. The summed E-state index contributed by atoms with van der Waals surface area (Å²) in [5, 5.41) is 15.9. The van der Waals surface area contributed by atoms with Gasteiger partial charge >= 0.3 is 6.18 Å². The fourth-order valence-corrected chi connectivity index (χ4v) is 3.76. The van der Waals surface area contributed by atoms with Crippen LogP contribution in [0.5, 0.6) is 0 Å². The van der Waals surface area contributed by atoms with Gasteiger partial charge in [-0.15, -0.1) is 0 Å². The van der Waals surface area contributed by atoms with E-state index in [0.29, 0.717) is 25.5 Å². The standard InChI is InChI=1S/C18H33F3N4O/c1-2-22-17(23-9-4-10-25-11-7-16(26)8-12-25)24-15-6-3-5-14(13-15)18(19,20)21/h14-16,26H,2-13H2,1H3,(H2,22,23,24). The number of aliphatic hydroxyl groups excluding tert-OH is 1. The largest absolute Gasteiger partial charge is 0.393 e. The van der Waals surface area contributed by atoms with Crippen LogP contribution in [0.3, 0.4) is 0 Å². The van der Waals surface area contributed by atoms with E-state index in [9.17, 15) is 18.3 Å². The molecular formula is C18H33F3N4O. The Morgan fingerprint density at radius 1 is 1.19 bits per heavy atom. The van der Waals surface area contributed by atoms with Gasteiger partial charge in [-0.2, -0.15) is 13.2 Å². The molecule has 0 spiro atoms. The molecule has 3 N–H and O–H groups in total. The van der Waals surface area contributed by atoms with Crippen molar-refractivity contribution in [2.24, 2.45) is 10.9 Å². The molecule has 152 valence electrons. The SMILES string of the molecule is CCNC(=NCCCN1CCC(O)CC1)NC1CCCC(C(F)(F)F)C1. The summed E-state index contributed by atoms with van der Waals surface area (Å²) < 4.78 is 38.9. The van der Waals surface area contributed by atoms with Crippen molar-refractivity contribution in [3.8, 4) is 0 Å². The first kappa shape index (κ1) is 21.3. The van der Waals surface area contributed by atoms with E-state index in [-0.39, 0.29) is 25.0 Å². The van der Waals surface area contributed by atoms with Gasteiger partial charge in [0.25, 0.3) is 0 Å². The molecule has 0 bridgehead atoms. The number of hydrogen-bond donors (Lipinski definition) is 3. The number of aliphatic hydroxyl groups is 1. The highest BCUT2D eigenvalue weighted by atomic mass is 19.4. The van der Waals surface area contributed by atoms with Crippen molar-refractivity contribution in [1.29, 1.82) is 0 Å². The highest BCUT2D eigenvalue weighted by Gasteiger charge is 2.42. The minimum atomic E-state index is -4.10. The summed E-state index contributed by atoms with van der Waals surface area (Å²) in [6.45, 7) is 6.06. The lowest BCUT2D eigenvalue weighted by Crippen LogP contribution is -2.47. The number of aliphatic imine (C=N–C) groups is 1. The van der Waals surface area contributed by atoms with Crippen LogP contribution in [-0.4, -0.2) is 67.0 Å². The normalized spacial score (nSPS) is 26.7. The molecule has 0 radical (unpaired) electrons. The smallest absolute Gasteiger partial charge is 0.391 e. The number of nitrogens with one attached hydrogen (secondary N) is 2. The van der Waals surface area contributed by atoms with E-state index in [1.165, 1.54) is 0 Å². The van der Waals surface area contributed by atoms with Gasteiger partial charge in [-0.05, 0) is 52.0 Å². The summed E-state index contributed by atoms with van der Waals surface area (Å²) in [4.78, 5) is 6.86. The molecule has 1 aliphatic carbocycles. The van der Waals surface area contributed by atoms with Gasteiger partial charge in [0, 0.05) is 32.2 Å². The van der Waals surface area contributed by atoms with Crippen LogP contribution in [0.2, 0.25) is 0 Å². The van der Waals surface area contributed by atoms with Crippen LogP contribution in [0.4, 0.5) is 13.2 Å². The van der Waals surface area contributed by atoms with Crippen LogP contribution >= 0.6 is 0 Å². The molecule has 5 nitrogen and oxygen atoms in total. The van der Waals surface area contributed by atoms with Crippen LogP contribution in [0.15, 0.2) is 4.99 Å². The summed E-state index contributed by atoms with van der Waals surface area (Å²) in [6.07, 6.45) is 0.0228. The maximum atomic E-state index is 13.0. The van der Waals surface area contributed by atoms with E-state index in [2.05, 4.69) is 20.5 Å². The van der Waals surface area contributed by atoms with Gasteiger partial charge < -0.3 is 20.6 Å². The molecule has 26 heavy (non-hydrogen) atoms. The van der Waals surface area contributed by atoms with Crippen molar-refractivity contribution >= 4 is 5.96 Å². The molecular weight excluding hydrogens is 345 g/mol. The minimum absolute atomic E-state index is 0.129. The van der Waals surface area contributed by atoms with E-state index >= 15 is 0 Å². The van der Waals surface area contributed by atoms with E-state index in [0.717, 1.165) is 45.3 Å². The molecule has 8 heteroatoms. The van der Waals surface area contributed by atoms with Crippen LogP contribution < -0.4 is 10.6 Å². The zero-order valence-corrected chi connectivity index (χ0v) is 15.7. The van der Waals surface area contributed by atoms with E-state index in [1.54, 1.807) is 0 Å². The van der Waals surface area contributed by atoms with E-state index < -0.39 is 12.1 Å². The Bertz CT molecular complexity index is 437. The zero-order chi connectivity index (χ0) is 19.0. The highest BCUT2D eigenvalue weighted by molar-refractivity contribution is 5.80. The van der Waals surface area contributed by atoms with Crippen molar-refractivity contribution in [2.75, 3.05) is 32.7 Å². The van der Waals surface area contributed by atoms with Crippen LogP contribution in [0.1, 0.15) is 51.9 Å². The number of hydrogen-bond acceptors (Lipinski definition) is 3. The zero-order valence-electron chi connectivity index (χ0n) is 15.7. The number of piperidine rings is 1. The molecule has 2 fully saturated rings. The molecule has 2 unspecified atom stereocenters. The fraction of sp³-hybridized carbons (Fsp3) is 0.944. The Morgan fingerprint density at radius 3 is 2.58 bits per heavy atom. The molecule has 0 aromatic carbocycles. The Balaban J connectivity index is 1.75.